The number of carbonyl (C=O) groups excluding carboxylic acids is 2. The van der Waals surface area contributed by atoms with Gasteiger partial charge in [0.1, 0.15) is 5.92 Å². The van der Waals surface area contributed by atoms with E-state index in [0.717, 1.165) is 5.56 Å². The summed E-state index contributed by atoms with van der Waals surface area (Å²) in [5, 5.41) is 5.36. The highest BCUT2D eigenvalue weighted by Gasteiger charge is 2.38. The third-order valence-electron chi connectivity index (χ3n) is 3.13. The molecule has 0 aromatic heterocycles. The SMILES string of the molecule is C=C1NC(=O)N[C@H](c2ccccc2)[C@@H]1C(=O)N(C)C. The van der Waals surface area contributed by atoms with E-state index in [9.17, 15) is 9.59 Å². The quantitative estimate of drug-likeness (QED) is 0.840. The van der Waals surface area contributed by atoms with Gasteiger partial charge in [-0.15, -0.1) is 0 Å². The summed E-state index contributed by atoms with van der Waals surface area (Å²) < 4.78 is 0. The zero-order chi connectivity index (χ0) is 14.0. The summed E-state index contributed by atoms with van der Waals surface area (Å²) in [6.45, 7) is 3.81. The number of benzene rings is 1. The van der Waals surface area contributed by atoms with Crippen LogP contribution in [0.4, 0.5) is 4.79 Å². The summed E-state index contributed by atoms with van der Waals surface area (Å²) in [5.41, 5.74) is 1.31. The van der Waals surface area contributed by atoms with Gasteiger partial charge in [-0.1, -0.05) is 36.9 Å². The van der Waals surface area contributed by atoms with Gasteiger partial charge in [-0.2, -0.15) is 0 Å². The Balaban J connectivity index is 2.38. The lowest BCUT2D eigenvalue weighted by molar-refractivity contribution is -0.132. The first-order valence-electron chi connectivity index (χ1n) is 6.03. The molecule has 1 aromatic rings. The van der Waals surface area contributed by atoms with E-state index in [2.05, 4.69) is 17.2 Å². The molecule has 5 nitrogen and oxygen atoms in total. The molecule has 0 radical (unpaired) electrons. The predicted molar refractivity (Wildman–Crippen MR) is 72.2 cm³/mol. The molecule has 2 atom stereocenters. The number of hydrogen-bond donors (Lipinski definition) is 2. The Morgan fingerprint density at radius 1 is 1.26 bits per heavy atom. The average Bonchev–Trinajstić information content (AvgIpc) is 2.38. The molecule has 0 unspecified atom stereocenters. The molecular weight excluding hydrogens is 242 g/mol. The molecule has 100 valence electrons. The molecule has 1 aliphatic rings. The number of urea groups is 1. The zero-order valence-corrected chi connectivity index (χ0v) is 11.0. The highest BCUT2D eigenvalue weighted by atomic mass is 16.2. The minimum absolute atomic E-state index is 0.0913. The van der Waals surface area contributed by atoms with Gasteiger partial charge in [-0.25, -0.2) is 4.79 Å². The first-order valence-corrected chi connectivity index (χ1v) is 6.03. The fraction of sp³-hybridized carbons (Fsp3) is 0.286. The van der Waals surface area contributed by atoms with Gasteiger partial charge in [0.2, 0.25) is 5.91 Å². The number of carbonyl (C=O) groups is 2. The summed E-state index contributed by atoms with van der Waals surface area (Å²) in [6.07, 6.45) is 0. The minimum Gasteiger partial charge on any atom is -0.348 e. The fourth-order valence-electron chi connectivity index (χ4n) is 2.19. The van der Waals surface area contributed by atoms with Crippen LogP contribution in [-0.4, -0.2) is 30.9 Å². The van der Waals surface area contributed by atoms with E-state index in [1.807, 2.05) is 30.3 Å². The fourth-order valence-corrected chi connectivity index (χ4v) is 2.19. The Kier molecular flexibility index (Phi) is 3.55. The van der Waals surface area contributed by atoms with Crippen molar-refractivity contribution < 1.29 is 9.59 Å². The van der Waals surface area contributed by atoms with Gasteiger partial charge >= 0.3 is 6.03 Å². The topological polar surface area (TPSA) is 61.4 Å². The van der Waals surface area contributed by atoms with E-state index in [0.29, 0.717) is 5.70 Å². The van der Waals surface area contributed by atoms with E-state index in [1.165, 1.54) is 4.90 Å². The third kappa shape index (κ3) is 2.59. The maximum absolute atomic E-state index is 12.3. The number of amides is 3. The highest BCUT2D eigenvalue weighted by molar-refractivity contribution is 5.87. The Morgan fingerprint density at radius 2 is 1.89 bits per heavy atom. The van der Waals surface area contributed by atoms with Crippen LogP contribution in [0.25, 0.3) is 0 Å². The molecule has 2 N–H and O–H groups in total. The lowest BCUT2D eigenvalue weighted by Crippen LogP contribution is -2.52. The van der Waals surface area contributed by atoms with Crippen molar-refractivity contribution in [3.63, 3.8) is 0 Å². The van der Waals surface area contributed by atoms with Crippen molar-refractivity contribution >= 4 is 11.9 Å². The van der Waals surface area contributed by atoms with Gasteiger partial charge in [0.25, 0.3) is 0 Å². The number of rotatable bonds is 2. The van der Waals surface area contributed by atoms with Crippen molar-refractivity contribution in [2.45, 2.75) is 6.04 Å². The summed E-state index contributed by atoms with van der Waals surface area (Å²) in [7, 11) is 3.38. The van der Waals surface area contributed by atoms with Crippen LogP contribution in [-0.2, 0) is 4.79 Å². The Morgan fingerprint density at radius 3 is 2.47 bits per heavy atom. The first kappa shape index (κ1) is 13.1. The van der Waals surface area contributed by atoms with Crippen molar-refractivity contribution in [1.29, 1.82) is 0 Å². The molecule has 3 amide bonds. The van der Waals surface area contributed by atoms with Crippen LogP contribution in [0.2, 0.25) is 0 Å². The zero-order valence-electron chi connectivity index (χ0n) is 11.0. The van der Waals surface area contributed by atoms with E-state index in [4.69, 9.17) is 0 Å². The van der Waals surface area contributed by atoms with Crippen molar-refractivity contribution in [3.05, 3.63) is 48.2 Å². The van der Waals surface area contributed by atoms with Crippen LogP contribution in [0.3, 0.4) is 0 Å². The van der Waals surface area contributed by atoms with Crippen LogP contribution in [0.1, 0.15) is 11.6 Å². The molecule has 1 aliphatic heterocycles. The van der Waals surface area contributed by atoms with Crippen LogP contribution >= 0.6 is 0 Å². The smallest absolute Gasteiger partial charge is 0.319 e. The van der Waals surface area contributed by atoms with Crippen molar-refractivity contribution in [2.75, 3.05) is 14.1 Å². The van der Waals surface area contributed by atoms with E-state index in [-0.39, 0.29) is 11.9 Å². The number of hydrogen-bond acceptors (Lipinski definition) is 2. The van der Waals surface area contributed by atoms with E-state index in [1.54, 1.807) is 14.1 Å². The first-order chi connectivity index (χ1) is 9.00. The Bertz CT molecular complexity index is 511. The molecule has 0 aliphatic carbocycles. The standard InChI is InChI=1S/C14H17N3O2/c1-9-11(13(18)17(2)3)12(16-14(19)15-9)10-7-5-4-6-8-10/h4-8,11-12H,1H2,2-3H3,(H2,15,16,19)/t11-,12-/m1/s1. The molecule has 0 bridgehead atoms. The maximum atomic E-state index is 12.3. The molecule has 19 heavy (non-hydrogen) atoms. The second kappa shape index (κ2) is 5.14. The number of nitrogens with one attached hydrogen (secondary N) is 2. The summed E-state index contributed by atoms with van der Waals surface area (Å²) in [6, 6.07) is 8.70. The molecule has 1 fully saturated rings. The summed E-state index contributed by atoms with van der Waals surface area (Å²) in [5.74, 6) is -0.596. The second-order valence-corrected chi connectivity index (χ2v) is 4.72. The normalized spacial score (nSPS) is 22.4. The molecule has 0 spiro atoms. The number of nitrogens with zero attached hydrogens (tertiary/aromatic N) is 1. The van der Waals surface area contributed by atoms with Crippen molar-refractivity contribution in [1.82, 2.24) is 15.5 Å². The van der Waals surface area contributed by atoms with Crippen molar-refractivity contribution in [3.8, 4) is 0 Å². The summed E-state index contributed by atoms with van der Waals surface area (Å²) >= 11 is 0. The lowest BCUT2D eigenvalue weighted by atomic mass is 9.88. The maximum Gasteiger partial charge on any atom is 0.319 e. The van der Waals surface area contributed by atoms with Gasteiger partial charge in [0.05, 0.1) is 6.04 Å². The third-order valence-corrected chi connectivity index (χ3v) is 3.13. The van der Waals surface area contributed by atoms with E-state index >= 15 is 0 Å². The van der Waals surface area contributed by atoms with Gasteiger partial charge in [0.15, 0.2) is 0 Å². The molecule has 2 rings (SSSR count). The van der Waals surface area contributed by atoms with Crippen LogP contribution in [0, 0.1) is 5.92 Å². The monoisotopic (exact) mass is 259 g/mol. The van der Waals surface area contributed by atoms with Crippen LogP contribution in [0.15, 0.2) is 42.6 Å². The second-order valence-electron chi connectivity index (χ2n) is 4.72. The molecule has 5 heteroatoms. The van der Waals surface area contributed by atoms with Gasteiger partial charge < -0.3 is 15.5 Å². The van der Waals surface area contributed by atoms with Crippen LogP contribution in [0.5, 0.6) is 0 Å². The molecule has 1 saturated heterocycles. The molecule has 1 aromatic carbocycles. The van der Waals surface area contributed by atoms with Crippen molar-refractivity contribution in [2.24, 2.45) is 5.92 Å². The Hall–Kier alpha value is -2.30. The Labute approximate surface area is 112 Å². The van der Waals surface area contributed by atoms with Gasteiger partial charge in [0, 0.05) is 19.8 Å². The molecular formula is C14H17N3O2. The predicted octanol–water partition coefficient (Wildman–Crippen LogP) is 1.26. The molecule has 1 heterocycles. The van der Waals surface area contributed by atoms with Crippen LogP contribution < -0.4 is 10.6 Å². The summed E-state index contributed by atoms with van der Waals surface area (Å²) in [4.78, 5) is 25.4. The largest absolute Gasteiger partial charge is 0.348 e. The molecule has 0 saturated carbocycles. The van der Waals surface area contributed by atoms with Gasteiger partial charge in [-0.3, -0.25) is 4.79 Å². The average molecular weight is 259 g/mol. The van der Waals surface area contributed by atoms with Gasteiger partial charge in [-0.05, 0) is 5.56 Å². The minimum atomic E-state index is -0.505. The lowest BCUT2D eigenvalue weighted by Gasteiger charge is -2.35. The van der Waals surface area contributed by atoms with E-state index < -0.39 is 12.0 Å². The highest BCUT2D eigenvalue weighted by Crippen LogP contribution is 2.30.